The van der Waals surface area contributed by atoms with Crippen molar-refractivity contribution in [3.8, 4) is 0 Å². The molecular formula is C60H65F6NO11S2. The molecule has 2 heterocycles. The van der Waals surface area contributed by atoms with Crippen molar-refractivity contribution in [2.75, 3.05) is 20.4 Å². The Hall–Kier alpha value is -4.41. The standard InChI is InChI=1S/C31H34F3NO6S.C29H31F3O5S/c1-28-12-11-19(36)13-18(28)9-10-20-21-14-23-30(26(38)42-27(39)35(3)4,29(21,2)15-22(37)24(20)28)41-25(40-23)16-5-7-17(8-6-16)31(32,33)34;1-26-11-10-18(33)12-17(26)8-9-19-20-13-22-28(25(35)38-3,27(20,2)14-21(34)23(19)26)37-24(36-22)15-4-6-16(7-5-15)29(30,31)32/h5-8,11-13,20-25,37H,9-10,14-15H2,1-4H3;4-7,10-12,19-24,34H,8-9,13-14H2,1-3H3/t20-,21-,22-,23+,24+,25?,28-,29-,30-;19-,20-,21-,22+,23+,24?,26-,27-,28-/m00/s1. The maximum Gasteiger partial charge on any atom is 0.416 e. The van der Waals surface area contributed by atoms with E-state index >= 15 is 0 Å². The predicted octanol–water partition coefficient (Wildman–Crippen LogP) is 11.3. The molecule has 12 nitrogen and oxygen atoms in total. The summed E-state index contributed by atoms with van der Waals surface area (Å²) in [7, 11) is 3.08. The number of allylic oxidation sites excluding steroid dienone is 8. The van der Waals surface area contributed by atoms with Crippen LogP contribution in [0.1, 0.15) is 114 Å². The second-order valence-electron chi connectivity index (χ2n) is 24.8. The summed E-state index contributed by atoms with van der Waals surface area (Å²) >= 11 is 1.60. The molecule has 8 aliphatic carbocycles. The zero-order chi connectivity index (χ0) is 57.7. The molecule has 12 rings (SSSR count). The van der Waals surface area contributed by atoms with Crippen LogP contribution in [0.4, 0.5) is 31.1 Å². The van der Waals surface area contributed by atoms with Gasteiger partial charge in [0.25, 0.3) is 5.24 Å². The number of ether oxygens (including phenoxy) is 4. The zero-order valence-corrected chi connectivity index (χ0v) is 46.9. The second kappa shape index (κ2) is 19.6. The number of carbonyl (C=O) groups is 5. The van der Waals surface area contributed by atoms with Crippen LogP contribution in [0.3, 0.4) is 0 Å². The Bertz CT molecular complexity index is 3030. The van der Waals surface area contributed by atoms with Gasteiger partial charge in [0.1, 0.15) is 0 Å². The molecule has 0 bridgehead atoms. The number of benzene rings is 2. The van der Waals surface area contributed by atoms with Crippen molar-refractivity contribution in [3.63, 3.8) is 0 Å². The average molecular weight is 1150 g/mol. The number of thioether (sulfide) groups is 2. The van der Waals surface area contributed by atoms with Gasteiger partial charge in [0.05, 0.1) is 35.5 Å². The Morgan fingerprint density at radius 3 is 1.38 bits per heavy atom. The first kappa shape index (κ1) is 57.4. The van der Waals surface area contributed by atoms with Gasteiger partial charge in [-0.25, -0.2) is 0 Å². The minimum atomic E-state index is -4.51. The first-order valence-electron chi connectivity index (χ1n) is 27.2. The lowest BCUT2D eigenvalue weighted by molar-refractivity contribution is -0.195. The number of ketones is 2. The molecule has 80 heavy (non-hydrogen) atoms. The number of fused-ring (bicyclic) bond motifs is 14. The zero-order valence-electron chi connectivity index (χ0n) is 45.3. The van der Waals surface area contributed by atoms with Crippen molar-refractivity contribution >= 4 is 50.6 Å². The van der Waals surface area contributed by atoms with Crippen LogP contribution >= 0.6 is 23.5 Å². The van der Waals surface area contributed by atoms with Crippen LogP contribution in [0.2, 0.25) is 0 Å². The van der Waals surface area contributed by atoms with E-state index in [0.717, 1.165) is 60.0 Å². The minimum absolute atomic E-state index is 0.0136. The van der Waals surface area contributed by atoms with E-state index in [9.17, 15) is 60.5 Å². The topological polar surface area (TPSA) is 166 Å². The van der Waals surface area contributed by atoms with E-state index in [1.165, 1.54) is 29.2 Å². The van der Waals surface area contributed by atoms with Crippen molar-refractivity contribution in [3.05, 3.63) is 118 Å². The highest BCUT2D eigenvalue weighted by atomic mass is 32.2. The number of rotatable bonds is 4. The van der Waals surface area contributed by atoms with E-state index in [1.54, 1.807) is 44.7 Å². The molecule has 2 unspecified atom stereocenters. The molecule has 6 saturated carbocycles. The molecule has 2 aromatic rings. The van der Waals surface area contributed by atoms with Crippen LogP contribution in [0.15, 0.2) is 96.1 Å². The number of carbonyl (C=O) groups excluding carboxylic acids is 5. The van der Waals surface area contributed by atoms with Crippen molar-refractivity contribution in [2.45, 2.75) is 140 Å². The Labute approximate surface area is 468 Å². The van der Waals surface area contributed by atoms with Gasteiger partial charge < -0.3 is 34.1 Å². The van der Waals surface area contributed by atoms with Crippen molar-refractivity contribution in [1.29, 1.82) is 0 Å². The average Bonchev–Trinajstić information content (AvgIpc) is 4.22. The number of aliphatic hydroxyl groups is 2. The summed E-state index contributed by atoms with van der Waals surface area (Å²) in [5.41, 5.74) is -4.30. The van der Waals surface area contributed by atoms with Gasteiger partial charge in [-0.2, -0.15) is 26.3 Å². The van der Waals surface area contributed by atoms with Crippen LogP contribution in [-0.4, -0.2) is 98.1 Å². The number of aliphatic hydroxyl groups excluding tert-OH is 2. The van der Waals surface area contributed by atoms with Gasteiger partial charge in [0.2, 0.25) is 10.2 Å². The fourth-order valence-corrected chi connectivity index (χ4v) is 18.8. The third kappa shape index (κ3) is 8.50. The second-order valence-corrected chi connectivity index (χ2v) is 26.5. The van der Waals surface area contributed by atoms with Crippen molar-refractivity contribution in [2.24, 2.45) is 57.2 Å². The Balaban J connectivity index is 0.000000170. The fraction of sp³-hybridized carbons (Fsp3) is 0.583. The van der Waals surface area contributed by atoms with Gasteiger partial charge in [-0.15, -0.1) is 0 Å². The molecule has 18 atom stereocenters. The molecule has 10 aliphatic rings. The lowest BCUT2D eigenvalue weighted by Crippen LogP contribution is -2.62. The van der Waals surface area contributed by atoms with Crippen LogP contribution in [0, 0.1) is 57.2 Å². The van der Waals surface area contributed by atoms with E-state index < -0.39 is 104 Å². The minimum Gasteiger partial charge on any atom is -0.393 e. The summed E-state index contributed by atoms with van der Waals surface area (Å²) in [4.78, 5) is 66.2. The number of amides is 1. The van der Waals surface area contributed by atoms with Gasteiger partial charge in [-0.1, -0.05) is 87.0 Å². The molecule has 430 valence electrons. The fourth-order valence-electron chi connectivity index (χ4n) is 17.2. The third-order valence-corrected chi connectivity index (χ3v) is 22.5. The molecule has 2 aromatic carbocycles. The molecular weight excluding hydrogens is 1090 g/mol. The summed E-state index contributed by atoms with van der Waals surface area (Å²) in [6.45, 7) is 8.08. The number of halogens is 6. The number of nitrogens with zero attached hydrogens (tertiary/aromatic N) is 1. The van der Waals surface area contributed by atoms with E-state index in [4.69, 9.17) is 18.9 Å². The van der Waals surface area contributed by atoms with Gasteiger partial charge in [0.15, 0.2) is 35.3 Å². The maximum atomic E-state index is 14.2. The molecule has 2 aliphatic heterocycles. The van der Waals surface area contributed by atoms with Gasteiger partial charge in [0, 0.05) is 70.5 Å². The Morgan fingerprint density at radius 2 is 1.01 bits per heavy atom. The summed E-state index contributed by atoms with van der Waals surface area (Å²) in [6, 6.07) is 9.12. The number of hydrogen-bond donors (Lipinski definition) is 2. The summed E-state index contributed by atoms with van der Waals surface area (Å²) in [5.74, 6) is -0.360. The predicted molar refractivity (Wildman–Crippen MR) is 283 cm³/mol. The summed E-state index contributed by atoms with van der Waals surface area (Å²) in [5, 5.41) is 22.3. The molecule has 20 heteroatoms. The molecule has 2 N–H and O–H groups in total. The van der Waals surface area contributed by atoms with Crippen LogP contribution < -0.4 is 0 Å². The Kier molecular flexibility index (Phi) is 14.1. The van der Waals surface area contributed by atoms with Crippen LogP contribution in [0.25, 0.3) is 0 Å². The number of alkyl halides is 6. The van der Waals surface area contributed by atoms with E-state index in [1.807, 2.05) is 26.0 Å². The monoisotopic (exact) mass is 1150 g/mol. The lowest BCUT2D eigenvalue weighted by Gasteiger charge is -2.59. The first-order valence-corrected chi connectivity index (χ1v) is 29.3. The molecule has 8 fully saturated rings. The van der Waals surface area contributed by atoms with E-state index in [-0.39, 0.29) is 58.6 Å². The lowest BCUT2D eigenvalue weighted by atomic mass is 9.46. The van der Waals surface area contributed by atoms with Crippen molar-refractivity contribution in [1.82, 2.24) is 4.90 Å². The van der Waals surface area contributed by atoms with Crippen molar-refractivity contribution < 1.29 is 79.5 Å². The highest BCUT2D eigenvalue weighted by Crippen LogP contribution is 2.73. The van der Waals surface area contributed by atoms with Gasteiger partial charge in [-0.05, 0) is 130 Å². The molecule has 0 radical (unpaired) electrons. The molecule has 0 spiro atoms. The maximum absolute atomic E-state index is 14.2. The molecule has 2 saturated heterocycles. The third-order valence-electron chi connectivity index (χ3n) is 20.8. The van der Waals surface area contributed by atoms with Crippen LogP contribution in [-0.2, 0) is 50.5 Å². The highest BCUT2D eigenvalue weighted by Gasteiger charge is 2.78. The van der Waals surface area contributed by atoms with Gasteiger partial charge in [-0.3, -0.25) is 24.0 Å². The van der Waals surface area contributed by atoms with Gasteiger partial charge >= 0.3 is 12.4 Å². The first-order chi connectivity index (χ1) is 37.5. The summed E-state index contributed by atoms with van der Waals surface area (Å²) < 4.78 is 105. The largest absolute Gasteiger partial charge is 0.416 e. The SMILES string of the molecule is CN(C)C(=O)SC(=O)[C@@]12OC(c3ccc(C(F)(F)F)cc3)O[C@@H]1C[C@H]1[C@@H]3CCC4=CC(=O)C=C[C@]4(C)[C@H]3[C@@H](O)C[C@@]12C.CSC(=O)[C@@]12OC(c3ccc(C(F)(F)F)cc3)O[C@@H]1C[C@H]1[C@@H]3CCC4=CC(=O)C=C[C@]4(C)[C@H]3[C@@H](O)C[C@@]12C. The highest BCUT2D eigenvalue weighted by molar-refractivity contribution is 8.26. The molecule has 0 aromatic heterocycles. The quantitative estimate of drug-likeness (QED) is 0.278. The Morgan fingerprint density at radius 1 is 0.625 bits per heavy atom. The normalized spacial score (nSPS) is 42.0. The van der Waals surface area contributed by atoms with Crippen LogP contribution in [0.5, 0.6) is 0 Å². The smallest absolute Gasteiger partial charge is 0.393 e. The van der Waals surface area contributed by atoms with E-state index in [2.05, 4.69) is 13.8 Å². The van der Waals surface area contributed by atoms with E-state index in [0.29, 0.717) is 55.0 Å². The molecule has 1 amide bonds. The summed E-state index contributed by atoms with van der Waals surface area (Å²) in [6.07, 6.45) is 2.58. The number of hydrogen-bond acceptors (Lipinski definition) is 13.